The maximum atomic E-state index is 13.2. The molecule has 6 heteroatoms. The molecule has 0 saturated heterocycles. The second-order valence-corrected chi connectivity index (χ2v) is 6.73. The van der Waals surface area contributed by atoms with E-state index in [0.29, 0.717) is 5.69 Å². The van der Waals surface area contributed by atoms with Gasteiger partial charge in [0.15, 0.2) is 0 Å². The Kier molecular flexibility index (Phi) is 4.91. The molecule has 5 nitrogen and oxygen atoms in total. The molecular formula is C23H17FN2O3. The standard InChI is InChI=1S/C23H17FN2O3/c24-16-10-12-17(13-11-16)25-21(27)20(14-15-6-2-1-3-7-15)26-22(28)18-8-4-5-9-19(18)23(26)29/h1-13,20H,14H2,(H,25,27). The highest BCUT2D eigenvalue weighted by atomic mass is 19.1. The molecule has 1 atom stereocenters. The van der Waals surface area contributed by atoms with Gasteiger partial charge in [-0.05, 0) is 42.0 Å². The predicted molar refractivity (Wildman–Crippen MR) is 106 cm³/mol. The number of anilines is 1. The number of hydrogen-bond donors (Lipinski definition) is 1. The number of fused-ring (bicyclic) bond motifs is 1. The average molecular weight is 388 g/mol. The van der Waals surface area contributed by atoms with Crippen LogP contribution in [0.3, 0.4) is 0 Å². The third kappa shape index (κ3) is 3.65. The lowest BCUT2D eigenvalue weighted by atomic mass is 10.0. The summed E-state index contributed by atoms with van der Waals surface area (Å²) in [6.07, 6.45) is 0.166. The molecule has 0 radical (unpaired) electrons. The fourth-order valence-electron chi connectivity index (χ4n) is 3.39. The number of rotatable bonds is 5. The van der Waals surface area contributed by atoms with E-state index in [-0.39, 0.29) is 17.5 Å². The zero-order valence-corrected chi connectivity index (χ0v) is 15.3. The second-order valence-electron chi connectivity index (χ2n) is 6.73. The van der Waals surface area contributed by atoms with E-state index in [4.69, 9.17) is 0 Å². The molecular weight excluding hydrogens is 371 g/mol. The van der Waals surface area contributed by atoms with Gasteiger partial charge in [-0.2, -0.15) is 0 Å². The van der Waals surface area contributed by atoms with E-state index in [1.54, 1.807) is 24.3 Å². The first-order chi connectivity index (χ1) is 14.0. The Morgan fingerprint density at radius 3 is 1.97 bits per heavy atom. The summed E-state index contributed by atoms with van der Waals surface area (Å²) in [5, 5.41) is 2.68. The van der Waals surface area contributed by atoms with Crippen LogP contribution in [-0.2, 0) is 11.2 Å². The van der Waals surface area contributed by atoms with E-state index in [9.17, 15) is 18.8 Å². The lowest BCUT2D eigenvalue weighted by Gasteiger charge is -2.25. The summed E-state index contributed by atoms with van der Waals surface area (Å²) in [5.41, 5.74) is 1.75. The number of carbonyl (C=O) groups is 3. The van der Waals surface area contributed by atoms with Gasteiger partial charge >= 0.3 is 0 Å². The quantitative estimate of drug-likeness (QED) is 0.678. The lowest BCUT2D eigenvalue weighted by molar-refractivity contribution is -0.119. The van der Waals surface area contributed by atoms with Crippen LogP contribution in [0.2, 0.25) is 0 Å². The molecule has 0 spiro atoms. The van der Waals surface area contributed by atoms with Gasteiger partial charge in [0, 0.05) is 12.1 Å². The number of amides is 3. The summed E-state index contributed by atoms with van der Waals surface area (Å²) >= 11 is 0. The first-order valence-electron chi connectivity index (χ1n) is 9.12. The van der Waals surface area contributed by atoms with Crippen molar-refractivity contribution in [1.82, 2.24) is 4.90 Å². The molecule has 0 bridgehead atoms. The van der Waals surface area contributed by atoms with Crippen molar-refractivity contribution in [2.75, 3.05) is 5.32 Å². The van der Waals surface area contributed by atoms with Crippen molar-refractivity contribution in [2.45, 2.75) is 12.5 Å². The highest BCUT2D eigenvalue weighted by molar-refractivity contribution is 6.23. The molecule has 1 aliphatic rings. The molecule has 1 heterocycles. The van der Waals surface area contributed by atoms with Crippen LogP contribution < -0.4 is 5.32 Å². The number of hydrogen-bond acceptors (Lipinski definition) is 3. The van der Waals surface area contributed by atoms with Gasteiger partial charge in [-0.1, -0.05) is 42.5 Å². The van der Waals surface area contributed by atoms with Gasteiger partial charge < -0.3 is 5.32 Å². The van der Waals surface area contributed by atoms with Crippen LogP contribution in [0.5, 0.6) is 0 Å². The van der Waals surface area contributed by atoms with E-state index >= 15 is 0 Å². The van der Waals surface area contributed by atoms with Gasteiger partial charge in [0.25, 0.3) is 11.8 Å². The van der Waals surface area contributed by atoms with E-state index in [2.05, 4.69) is 5.32 Å². The topological polar surface area (TPSA) is 66.5 Å². The zero-order chi connectivity index (χ0) is 20.4. The summed E-state index contributed by atoms with van der Waals surface area (Å²) in [5.74, 6) is -1.94. The second kappa shape index (κ2) is 7.67. The van der Waals surface area contributed by atoms with Gasteiger partial charge in [-0.15, -0.1) is 0 Å². The molecule has 0 aliphatic carbocycles. The average Bonchev–Trinajstić information content (AvgIpc) is 2.99. The zero-order valence-electron chi connectivity index (χ0n) is 15.3. The van der Waals surface area contributed by atoms with Crippen LogP contribution in [-0.4, -0.2) is 28.7 Å². The van der Waals surface area contributed by atoms with Crippen molar-refractivity contribution in [2.24, 2.45) is 0 Å². The fraction of sp³-hybridized carbons (Fsp3) is 0.0870. The third-order valence-corrected chi connectivity index (χ3v) is 4.82. The Hall–Kier alpha value is -3.80. The molecule has 3 amide bonds. The largest absolute Gasteiger partial charge is 0.324 e. The molecule has 0 fully saturated rings. The van der Waals surface area contributed by atoms with Crippen molar-refractivity contribution in [1.29, 1.82) is 0 Å². The fourth-order valence-corrected chi connectivity index (χ4v) is 3.39. The molecule has 0 aromatic heterocycles. The normalized spacial score (nSPS) is 13.9. The number of carbonyl (C=O) groups excluding carboxylic acids is 3. The number of nitrogens with zero attached hydrogens (tertiary/aromatic N) is 1. The van der Waals surface area contributed by atoms with Crippen molar-refractivity contribution in [3.63, 3.8) is 0 Å². The van der Waals surface area contributed by atoms with Crippen LogP contribution in [0.1, 0.15) is 26.3 Å². The molecule has 1 N–H and O–H groups in total. The van der Waals surface area contributed by atoms with Crippen molar-refractivity contribution in [3.05, 3.63) is 101 Å². The lowest BCUT2D eigenvalue weighted by Crippen LogP contribution is -2.48. The summed E-state index contributed by atoms with van der Waals surface area (Å²) < 4.78 is 13.2. The number of nitrogens with one attached hydrogen (secondary N) is 1. The molecule has 3 aromatic carbocycles. The first kappa shape index (κ1) is 18.6. The van der Waals surface area contributed by atoms with E-state index in [0.717, 1.165) is 10.5 Å². The van der Waals surface area contributed by atoms with Crippen molar-refractivity contribution >= 4 is 23.4 Å². The molecule has 29 heavy (non-hydrogen) atoms. The predicted octanol–water partition coefficient (Wildman–Crippen LogP) is 3.67. The highest BCUT2D eigenvalue weighted by Crippen LogP contribution is 2.26. The summed E-state index contributed by atoms with van der Waals surface area (Å²) in [6, 6.07) is 19.9. The summed E-state index contributed by atoms with van der Waals surface area (Å²) in [6.45, 7) is 0. The Morgan fingerprint density at radius 2 is 1.38 bits per heavy atom. The Balaban J connectivity index is 1.67. The van der Waals surface area contributed by atoms with Crippen molar-refractivity contribution in [3.8, 4) is 0 Å². The van der Waals surface area contributed by atoms with Crippen molar-refractivity contribution < 1.29 is 18.8 Å². The number of benzene rings is 3. The SMILES string of the molecule is O=C(Nc1ccc(F)cc1)C(Cc1ccccc1)N1C(=O)c2ccccc2C1=O. The summed E-state index contributed by atoms with van der Waals surface area (Å²) in [7, 11) is 0. The van der Waals surface area contributed by atoms with E-state index in [1.807, 2.05) is 30.3 Å². The van der Waals surface area contributed by atoms with Gasteiger partial charge in [-0.25, -0.2) is 4.39 Å². The van der Waals surface area contributed by atoms with E-state index < -0.39 is 29.6 Å². The monoisotopic (exact) mass is 388 g/mol. The first-order valence-corrected chi connectivity index (χ1v) is 9.12. The minimum absolute atomic E-state index is 0.166. The molecule has 1 unspecified atom stereocenters. The summed E-state index contributed by atoms with van der Waals surface area (Å²) in [4.78, 5) is 39.9. The minimum atomic E-state index is -1.05. The van der Waals surface area contributed by atoms with Gasteiger partial charge in [0.1, 0.15) is 11.9 Å². The molecule has 3 aromatic rings. The molecule has 4 rings (SSSR count). The smallest absolute Gasteiger partial charge is 0.262 e. The maximum absolute atomic E-state index is 13.2. The van der Waals surface area contributed by atoms with Crippen LogP contribution in [0, 0.1) is 5.82 Å². The van der Waals surface area contributed by atoms with Crippen LogP contribution in [0.15, 0.2) is 78.9 Å². The Bertz CT molecular complexity index is 1050. The van der Waals surface area contributed by atoms with Gasteiger partial charge in [-0.3, -0.25) is 19.3 Å². The van der Waals surface area contributed by atoms with Crippen LogP contribution in [0.25, 0.3) is 0 Å². The molecule has 0 saturated carbocycles. The molecule has 1 aliphatic heterocycles. The van der Waals surface area contributed by atoms with Gasteiger partial charge in [0.05, 0.1) is 11.1 Å². The van der Waals surface area contributed by atoms with Gasteiger partial charge in [0.2, 0.25) is 5.91 Å². The number of imide groups is 1. The Morgan fingerprint density at radius 1 is 0.828 bits per heavy atom. The third-order valence-electron chi connectivity index (χ3n) is 4.82. The van der Waals surface area contributed by atoms with E-state index in [1.165, 1.54) is 24.3 Å². The maximum Gasteiger partial charge on any atom is 0.262 e. The number of halogens is 1. The van der Waals surface area contributed by atoms with Crippen LogP contribution in [0.4, 0.5) is 10.1 Å². The van der Waals surface area contributed by atoms with Crippen LogP contribution >= 0.6 is 0 Å². The highest BCUT2D eigenvalue weighted by Gasteiger charge is 2.42. The minimum Gasteiger partial charge on any atom is -0.324 e. The molecule has 144 valence electrons. The Labute approximate surface area is 166 Å².